The lowest BCUT2D eigenvalue weighted by atomic mass is 10.0. The summed E-state index contributed by atoms with van der Waals surface area (Å²) in [7, 11) is 0. The van der Waals surface area contributed by atoms with E-state index in [-0.39, 0.29) is 5.97 Å². The molecule has 2 aromatic carbocycles. The van der Waals surface area contributed by atoms with Crippen molar-refractivity contribution in [3.05, 3.63) is 71.4 Å². The number of fused-ring (bicyclic) bond motifs is 1. The molecule has 0 aliphatic carbocycles. The number of ether oxygens (including phenoxy) is 1. The number of benzene rings is 2. The molecule has 3 nitrogen and oxygen atoms in total. The highest BCUT2D eigenvalue weighted by Crippen LogP contribution is 2.25. The fraction of sp³-hybridized carbons (Fsp3) is 0.167. The second-order valence-corrected chi connectivity index (χ2v) is 4.91. The zero-order valence-electron chi connectivity index (χ0n) is 11.9. The van der Waals surface area contributed by atoms with Gasteiger partial charge in [0.2, 0.25) is 0 Å². The van der Waals surface area contributed by atoms with Crippen LogP contribution < -0.4 is 0 Å². The maximum atomic E-state index is 12.2. The van der Waals surface area contributed by atoms with Gasteiger partial charge in [0.25, 0.3) is 0 Å². The average molecular weight is 279 g/mol. The number of hydrogen-bond donors (Lipinski definition) is 1. The van der Waals surface area contributed by atoms with E-state index in [0.717, 1.165) is 16.5 Å². The smallest absolute Gasteiger partial charge is 0.355 e. The van der Waals surface area contributed by atoms with Crippen molar-refractivity contribution in [3.8, 4) is 0 Å². The first-order valence-electron chi connectivity index (χ1n) is 7.10. The van der Waals surface area contributed by atoms with Crippen LogP contribution in [0.15, 0.2) is 54.6 Å². The number of carbonyl (C=O) groups is 1. The molecule has 1 aromatic heterocycles. The summed E-state index contributed by atoms with van der Waals surface area (Å²) in [6, 6.07) is 18.1. The maximum absolute atomic E-state index is 12.2. The molecule has 3 rings (SSSR count). The molecule has 0 radical (unpaired) electrons. The van der Waals surface area contributed by atoms with Crippen LogP contribution in [0.3, 0.4) is 0 Å². The maximum Gasteiger partial charge on any atom is 0.355 e. The molecular formula is C18H17NO2. The monoisotopic (exact) mass is 279 g/mol. The van der Waals surface area contributed by atoms with Crippen molar-refractivity contribution in [1.29, 1.82) is 0 Å². The summed E-state index contributed by atoms with van der Waals surface area (Å²) < 4.78 is 5.17. The van der Waals surface area contributed by atoms with Gasteiger partial charge in [0.15, 0.2) is 0 Å². The van der Waals surface area contributed by atoms with Crippen LogP contribution >= 0.6 is 0 Å². The average Bonchev–Trinajstić information content (AvgIpc) is 2.88. The number of carbonyl (C=O) groups excluding carboxylic acids is 1. The number of rotatable bonds is 4. The Morgan fingerprint density at radius 2 is 1.76 bits per heavy atom. The topological polar surface area (TPSA) is 42.1 Å². The Bertz CT molecular complexity index is 759. The van der Waals surface area contributed by atoms with Gasteiger partial charge < -0.3 is 9.72 Å². The molecule has 0 atom stereocenters. The van der Waals surface area contributed by atoms with Crippen molar-refractivity contribution >= 4 is 16.9 Å². The van der Waals surface area contributed by atoms with Crippen LogP contribution in [0.4, 0.5) is 0 Å². The van der Waals surface area contributed by atoms with Crippen molar-refractivity contribution in [2.45, 2.75) is 13.3 Å². The zero-order valence-corrected chi connectivity index (χ0v) is 11.9. The van der Waals surface area contributed by atoms with E-state index < -0.39 is 0 Å². The van der Waals surface area contributed by atoms with Gasteiger partial charge in [-0.3, -0.25) is 0 Å². The van der Waals surface area contributed by atoms with E-state index in [1.165, 1.54) is 5.56 Å². The van der Waals surface area contributed by atoms with E-state index >= 15 is 0 Å². The summed E-state index contributed by atoms with van der Waals surface area (Å²) >= 11 is 0. The van der Waals surface area contributed by atoms with Crippen LogP contribution in [0.5, 0.6) is 0 Å². The highest BCUT2D eigenvalue weighted by atomic mass is 16.5. The van der Waals surface area contributed by atoms with Crippen LogP contribution in [0.25, 0.3) is 10.9 Å². The summed E-state index contributed by atoms with van der Waals surface area (Å²) in [4.78, 5) is 15.4. The standard InChI is InChI=1S/C18H17NO2/c1-2-21-18(20)17-15(12-13-8-4-3-5-9-13)14-10-6-7-11-16(14)19-17/h3-11,19H,2,12H2,1H3. The van der Waals surface area contributed by atoms with Crippen molar-refractivity contribution < 1.29 is 9.53 Å². The van der Waals surface area contributed by atoms with Crippen LogP contribution in [0.2, 0.25) is 0 Å². The highest BCUT2D eigenvalue weighted by molar-refractivity contribution is 5.98. The normalized spacial score (nSPS) is 10.7. The number of H-pyrrole nitrogens is 1. The predicted octanol–water partition coefficient (Wildman–Crippen LogP) is 3.94. The number of para-hydroxylation sites is 1. The first kappa shape index (κ1) is 13.4. The summed E-state index contributed by atoms with van der Waals surface area (Å²) in [5.74, 6) is -0.292. The zero-order chi connectivity index (χ0) is 14.7. The van der Waals surface area contributed by atoms with Gasteiger partial charge in [-0.15, -0.1) is 0 Å². The Kier molecular flexibility index (Phi) is 3.73. The second-order valence-electron chi connectivity index (χ2n) is 4.91. The fourth-order valence-electron chi connectivity index (χ4n) is 2.56. The van der Waals surface area contributed by atoms with E-state index in [1.54, 1.807) is 0 Å². The third-order valence-corrected chi connectivity index (χ3v) is 3.52. The van der Waals surface area contributed by atoms with Gasteiger partial charge in [-0.05, 0) is 24.1 Å². The van der Waals surface area contributed by atoms with Gasteiger partial charge in [-0.1, -0.05) is 48.5 Å². The molecule has 21 heavy (non-hydrogen) atoms. The van der Waals surface area contributed by atoms with Gasteiger partial charge in [-0.25, -0.2) is 4.79 Å². The molecule has 0 bridgehead atoms. The number of nitrogens with one attached hydrogen (secondary N) is 1. The van der Waals surface area contributed by atoms with Gasteiger partial charge in [-0.2, -0.15) is 0 Å². The lowest BCUT2D eigenvalue weighted by molar-refractivity contribution is 0.0519. The van der Waals surface area contributed by atoms with Crippen molar-refractivity contribution in [2.24, 2.45) is 0 Å². The third-order valence-electron chi connectivity index (χ3n) is 3.52. The Hall–Kier alpha value is -2.55. The Morgan fingerprint density at radius 1 is 1.05 bits per heavy atom. The number of hydrogen-bond acceptors (Lipinski definition) is 2. The molecule has 0 amide bonds. The molecular weight excluding hydrogens is 262 g/mol. The van der Waals surface area contributed by atoms with E-state index in [0.29, 0.717) is 18.7 Å². The lowest BCUT2D eigenvalue weighted by Crippen LogP contribution is -2.08. The Balaban J connectivity index is 2.09. The van der Waals surface area contributed by atoms with Gasteiger partial charge in [0.05, 0.1) is 6.61 Å². The Morgan fingerprint density at radius 3 is 2.52 bits per heavy atom. The molecule has 3 aromatic rings. The van der Waals surface area contributed by atoms with E-state index in [1.807, 2.05) is 49.4 Å². The van der Waals surface area contributed by atoms with E-state index in [4.69, 9.17) is 4.74 Å². The van der Waals surface area contributed by atoms with Crippen LogP contribution in [-0.4, -0.2) is 17.6 Å². The number of aromatic amines is 1. The Labute approximate surface area is 123 Å². The lowest BCUT2D eigenvalue weighted by Gasteiger charge is -2.05. The SMILES string of the molecule is CCOC(=O)c1[nH]c2ccccc2c1Cc1ccccc1. The molecule has 0 aliphatic heterocycles. The van der Waals surface area contributed by atoms with Crippen molar-refractivity contribution in [1.82, 2.24) is 4.98 Å². The molecule has 0 aliphatic rings. The van der Waals surface area contributed by atoms with Crippen molar-refractivity contribution in [3.63, 3.8) is 0 Å². The first-order valence-corrected chi connectivity index (χ1v) is 7.10. The summed E-state index contributed by atoms with van der Waals surface area (Å²) in [5.41, 5.74) is 3.69. The van der Waals surface area contributed by atoms with Crippen LogP contribution in [-0.2, 0) is 11.2 Å². The van der Waals surface area contributed by atoms with Gasteiger partial charge in [0, 0.05) is 17.3 Å². The molecule has 0 spiro atoms. The molecule has 3 heteroatoms. The quantitative estimate of drug-likeness (QED) is 0.735. The summed E-state index contributed by atoms with van der Waals surface area (Å²) in [6.45, 7) is 2.19. The first-order chi connectivity index (χ1) is 10.3. The number of aromatic nitrogens is 1. The van der Waals surface area contributed by atoms with Crippen LogP contribution in [0.1, 0.15) is 28.5 Å². The highest BCUT2D eigenvalue weighted by Gasteiger charge is 2.18. The van der Waals surface area contributed by atoms with Gasteiger partial charge >= 0.3 is 5.97 Å². The number of esters is 1. The molecule has 0 fully saturated rings. The predicted molar refractivity (Wildman–Crippen MR) is 83.5 cm³/mol. The molecule has 0 saturated heterocycles. The van der Waals surface area contributed by atoms with E-state index in [9.17, 15) is 4.79 Å². The van der Waals surface area contributed by atoms with E-state index in [2.05, 4.69) is 17.1 Å². The molecule has 1 heterocycles. The minimum atomic E-state index is -0.292. The molecule has 0 saturated carbocycles. The largest absolute Gasteiger partial charge is 0.461 e. The second kappa shape index (κ2) is 5.83. The molecule has 106 valence electrons. The summed E-state index contributed by atoms with van der Waals surface area (Å²) in [5, 5.41) is 1.07. The fourth-order valence-corrected chi connectivity index (χ4v) is 2.56. The van der Waals surface area contributed by atoms with Gasteiger partial charge in [0.1, 0.15) is 5.69 Å². The summed E-state index contributed by atoms with van der Waals surface area (Å²) in [6.07, 6.45) is 0.707. The minimum Gasteiger partial charge on any atom is -0.461 e. The van der Waals surface area contributed by atoms with Crippen molar-refractivity contribution in [2.75, 3.05) is 6.61 Å². The molecule has 1 N–H and O–H groups in total. The van der Waals surface area contributed by atoms with Crippen LogP contribution in [0, 0.1) is 0 Å². The molecule has 0 unspecified atom stereocenters. The minimum absolute atomic E-state index is 0.292. The third kappa shape index (κ3) is 2.68.